The number of phosphoric ester groups is 1. The van der Waals surface area contributed by atoms with Crippen molar-refractivity contribution in [3.8, 4) is 0 Å². The number of ether oxygens (including phenoxy) is 1. The molecule has 1 aliphatic rings. The number of anilines is 1. The molecule has 4 atom stereocenters. The van der Waals surface area contributed by atoms with Crippen molar-refractivity contribution in [3.05, 3.63) is 23.1 Å². The number of aliphatic hydroxyl groups excluding tert-OH is 1. The molecule has 1 fully saturated rings. The fourth-order valence-corrected chi connectivity index (χ4v) is 2.85. The van der Waals surface area contributed by atoms with Crippen LogP contribution < -0.4 is 5.73 Å². The molecule has 0 amide bonds. The van der Waals surface area contributed by atoms with Crippen molar-refractivity contribution in [2.45, 2.75) is 24.5 Å². The van der Waals surface area contributed by atoms with Crippen LogP contribution in [0.1, 0.15) is 6.23 Å². The van der Waals surface area contributed by atoms with Gasteiger partial charge in [-0.05, 0) is 5.53 Å². The Hall–Kier alpha value is -2.31. The van der Waals surface area contributed by atoms with Gasteiger partial charge in [0.05, 0.1) is 19.0 Å². The van der Waals surface area contributed by atoms with Crippen LogP contribution in [0.5, 0.6) is 0 Å². The SMILES string of the molecule is [N-]=[N+]=NC1C(O)C(COP(=O)(O)O)OC1n1cnc2c(N)ncnc21. The second-order valence-electron chi connectivity index (χ2n) is 5.12. The van der Waals surface area contributed by atoms with E-state index in [1.165, 1.54) is 17.2 Å². The number of aliphatic hydroxyl groups is 1. The van der Waals surface area contributed by atoms with E-state index in [0.29, 0.717) is 0 Å². The van der Waals surface area contributed by atoms with Crippen LogP contribution in [-0.4, -0.2) is 59.3 Å². The molecular weight excluding hydrogens is 359 g/mol. The molecule has 0 saturated carbocycles. The monoisotopic (exact) mass is 372 g/mol. The molecule has 3 rings (SSSR count). The Morgan fingerprint density at radius 2 is 2.24 bits per heavy atom. The van der Waals surface area contributed by atoms with E-state index in [4.69, 9.17) is 25.8 Å². The average molecular weight is 372 g/mol. The number of nitrogens with zero attached hydrogens (tertiary/aromatic N) is 7. The molecule has 1 aliphatic heterocycles. The van der Waals surface area contributed by atoms with E-state index in [9.17, 15) is 9.67 Å². The Morgan fingerprint density at radius 1 is 1.48 bits per heavy atom. The number of fused-ring (bicyclic) bond motifs is 1. The van der Waals surface area contributed by atoms with Gasteiger partial charge >= 0.3 is 7.82 Å². The molecule has 15 heteroatoms. The Balaban J connectivity index is 1.94. The molecule has 0 aromatic carbocycles. The van der Waals surface area contributed by atoms with Gasteiger partial charge in [-0.1, -0.05) is 5.11 Å². The van der Waals surface area contributed by atoms with Gasteiger partial charge in [-0.2, -0.15) is 0 Å². The third-order valence-corrected chi connectivity index (χ3v) is 4.08. The van der Waals surface area contributed by atoms with Crippen molar-refractivity contribution in [1.29, 1.82) is 0 Å². The Bertz CT molecular complexity index is 877. The maximum atomic E-state index is 10.8. The highest BCUT2D eigenvalue weighted by Crippen LogP contribution is 2.39. The van der Waals surface area contributed by atoms with Gasteiger partial charge in [0, 0.05) is 4.91 Å². The summed E-state index contributed by atoms with van der Waals surface area (Å²) in [4.78, 5) is 32.1. The zero-order valence-corrected chi connectivity index (χ0v) is 13.3. The summed E-state index contributed by atoms with van der Waals surface area (Å²) in [6.45, 7) is -0.608. The first-order chi connectivity index (χ1) is 11.8. The third kappa shape index (κ3) is 3.41. The van der Waals surface area contributed by atoms with Crippen LogP contribution in [0.25, 0.3) is 21.6 Å². The van der Waals surface area contributed by atoms with E-state index >= 15 is 0 Å². The average Bonchev–Trinajstić information content (AvgIpc) is 3.09. The fraction of sp³-hybridized carbons (Fsp3) is 0.500. The lowest BCUT2D eigenvalue weighted by Gasteiger charge is -2.17. The van der Waals surface area contributed by atoms with Gasteiger partial charge in [-0.25, -0.2) is 19.5 Å². The maximum absolute atomic E-state index is 10.8. The largest absolute Gasteiger partial charge is 0.469 e. The summed E-state index contributed by atoms with van der Waals surface area (Å²) < 4.78 is 22.1. The van der Waals surface area contributed by atoms with Crippen LogP contribution >= 0.6 is 7.82 Å². The molecule has 5 N–H and O–H groups in total. The summed E-state index contributed by atoms with van der Waals surface area (Å²) in [6.07, 6.45) is -1.03. The highest BCUT2D eigenvalue weighted by Gasteiger charge is 2.45. The molecule has 4 unspecified atom stereocenters. The molecule has 0 bridgehead atoms. The Kier molecular flexibility index (Phi) is 4.58. The Morgan fingerprint density at radius 3 is 2.92 bits per heavy atom. The number of aromatic nitrogens is 4. The van der Waals surface area contributed by atoms with Crippen LogP contribution in [0, 0.1) is 0 Å². The van der Waals surface area contributed by atoms with Crippen molar-refractivity contribution in [2.75, 3.05) is 12.3 Å². The van der Waals surface area contributed by atoms with Gasteiger partial charge in [0.15, 0.2) is 11.5 Å². The van der Waals surface area contributed by atoms with Crippen LogP contribution in [0.4, 0.5) is 5.82 Å². The van der Waals surface area contributed by atoms with Crippen LogP contribution in [0.3, 0.4) is 0 Å². The molecule has 134 valence electrons. The maximum Gasteiger partial charge on any atom is 0.469 e. The number of nitrogen functional groups attached to an aromatic ring is 1. The van der Waals surface area contributed by atoms with Crippen LogP contribution in [-0.2, 0) is 13.8 Å². The zero-order valence-electron chi connectivity index (χ0n) is 12.4. The molecule has 25 heavy (non-hydrogen) atoms. The van der Waals surface area contributed by atoms with Gasteiger partial charge in [0.1, 0.15) is 30.2 Å². The summed E-state index contributed by atoms with van der Waals surface area (Å²) in [7, 11) is -4.76. The van der Waals surface area contributed by atoms with Crippen LogP contribution in [0.15, 0.2) is 17.8 Å². The molecular formula is C10H13N8O6P. The second kappa shape index (κ2) is 6.54. The molecule has 0 radical (unpaired) electrons. The lowest BCUT2D eigenvalue weighted by molar-refractivity contribution is -0.0429. The van der Waals surface area contributed by atoms with E-state index in [2.05, 4.69) is 29.5 Å². The molecule has 0 spiro atoms. The number of rotatable bonds is 5. The minimum absolute atomic E-state index is 0.129. The second-order valence-corrected chi connectivity index (χ2v) is 6.36. The van der Waals surface area contributed by atoms with Gasteiger partial charge in [-0.3, -0.25) is 9.09 Å². The summed E-state index contributed by atoms with van der Waals surface area (Å²) in [5, 5.41) is 13.8. The molecule has 0 aliphatic carbocycles. The van der Waals surface area contributed by atoms with E-state index in [-0.39, 0.29) is 17.0 Å². The summed E-state index contributed by atoms with van der Waals surface area (Å²) >= 11 is 0. The van der Waals surface area contributed by atoms with Gasteiger partial charge in [0.2, 0.25) is 0 Å². The molecule has 3 heterocycles. The highest BCUT2D eigenvalue weighted by molar-refractivity contribution is 7.46. The van der Waals surface area contributed by atoms with E-state index in [1.807, 2.05) is 0 Å². The van der Waals surface area contributed by atoms with Crippen molar-refractivity contribution in [2.24, 2.45) is 5.11 Å². The van der Waals surface area contributed by atoms with E-state index in [1.54, 1.807) is 0 Å². The molecule has 2 aromatic heterocycles. The minimum Gasteiger partial charge on any atom is -0.390 e. The van der Waals surface area contributed by atoms with Crippen molar-refractivity contribution >= 4 is 24.8 Å². The summed E-state index contributed by atoms with van der Waals surface area (Å²) in [5.74, 6) is 0.129. The summed E-state index contributed by atoms with van der Waals surface area (Å²) in [5.41, 5.74) is 15.0. The number of imidazole rings is 1. The zero-order chi connectivity index (χ0) is 18.2. The predicted molar refractivity (Wildman–Crippen MR) is 80.6 cm³/mol. The number of hydrogen-bond donors (Lipinski definition) is 4. The van der Waals surface area contributed by atoms with Gasteiger partial charge in [-0.15, -0.1) is 0 Å². The molecule has 14 nitrogen and oxygen atoms in total. The predicted octanol–water partition coefficient (Wildman–Crippen LogP) is -0.545. The molecule has 2 aromatic rings. The number of azide groups is 1. The van der Waals surface area contributed by atoms with E-state index in [0.717, 1.165) is 0 Å². The standard InChI is InChI=1S/C10H13N8O6P/c11-8-6-9(14-2-13-8)18(3-15-6)10-5(16-17-12)7(19)4(24-10)1-23-25(20,21)22/h2-5,7,10,19H,1H2,(H2,11,13,14)(H2,20,21,22). The first-order valence-electron chi connectivity index (χ1n) is 6.82. The lowest BCUT2D eigenvalue weighted by atomic mass is 10.1. The lowest BCUT2D eigenvalue weighted by Crippen LogP contribution is -2.32. The quantitative estimate of drug-likeness (QED) is 0.227. The number of phosphoric acid groups is 1. The topological polar surface area (TPSA) is 215 Å². The van der Waals surface area contributed by atoms with Crippen molar-refractivity contribution in [3.63, 3.8) is 0 Å². The van der Waals surface area contributed by atoms with Crippen molar-refractivity contribution < 1.29 is 28.7 Å². The fourth-order valence-electron chi connectivity index (χ4n) is 2.51. The van der Waals surface area contributed by atoms with E-state index < -0.39 is 38.9 Å². The number of hydrogen-bond acceptors (Lipinski definition) is 9. The normalized spacial score (nSPS) is 26.7. The highest BCUT2D eigenvalue weighted by atomic mass is 31.2. The Labute approximate surface area is 139 Å². The minimum atomic E-state index is -4.76. The van der Waals surface area contributed by atoms with Crippen LogP contribution in [0.2, 0.25) is 0 Å². The summed E-state index contributed by atoms with van der Waals surface area (Å²) in [6, 6.07) is -1.11. The first-order valence-corrected chi connectivity index (χ1v) is 8.35. The first kappa shape index (κ1) is 17.5. The van der Waals surface area contributed by atoms with Gasteiger partial charge < -0.3 is 25.4 Å². The number of nitrogens with two attached hydrogens (primary N) is 1. The smallest absolute Gasteiger partial charge is 0.390 e. The third-order valence-electron chi connectivity index (χ3n) is 3.59. The van der Waals surface area contributed by atoms with Gasteiger partial charge in [0.25, 0.3) is 0 Å². The molecule has 1 saturated heterocycles. The van der Waals surface area contributed by atoms with Crippen molar-refractivity contribution in [1.82, 2.24) is 19.5 Å².